The Labute approximate surface area is 209 Å². The molecule has 8 heteroatoms. The molecule has 2 N–H and O–H groups in total. The SMILES string of the molecule is O=C(Nc1cccc(C(=O)NCCC2CCN(c3ccncc3)CC2)c1Cl)c1ccccc1Cl. The Morgan fingerprint density at radius 1 is 0.912 bits per heavy atom. The average Bonchev–Trinajstić information content (AvgIpc) is 2.86. The summed E-state index contributed by atoms with van der Waals surface area (Å²) in [7, 11) is 0. The minimum absolute atomic E-state index is 0.200. The normalized spacial score (nSPS) is 14.0. The molecule has 1 aromatic heterocycles. The van der Waals surface area contributed by atoms with Crippen LogP contribution >= 0.6 is 23.2 Å². The number of aromatic nitrogens is 1. The summed E-state index contributed by atoms with van der Waals surface area (Å²) >= 11 is 12.6. The van der Waals surface area contributed by atoms with Gasteiger partial charge < -0.3 is 15.5 Å². The molecule has 4 rings (SSSR count). The van der Waals surface area contributed by atoms with E-state index in [-0.39, 0.29) is 16.8 Å². The quantitative estimate of drug-likeness (QED) is 0.441. The number of nitrogens with one attached hydrogen (secondary N) is 2. The molecule has 3 aromatic rings. The van der Waals surface area contributed by atoms with E-state index >= 15 is 0 Å². The van der Waals surface area contributed by atoms with Crippen LogP contribution in [-0.2, 0) is 0 Å². The third-order valence-electron chi connectivity index (χ3n) is 6.09. The molecule has 0 atom stereocenters. The van der Waals surface area contributed by atoms with Gasteiger partial charge in [0, 0.05) is 37.7 Å². The van der Waals surface area contributed by atoms with E-state index in [4.69, 9.17) is 23.2 Å². The van der Waals surface area contributed by atoms with E-state index in [0.29, 0.717) is 34.3 Å². The van der Waals surface area contributed by atoms with Crippen LogP contribution in [0.25, 0.3) is 0 Å². The average molecular weight is 497 g/mol. The lowest BCUT2D eigenvalue weighted by molar-refractivity contribution is 0.0949. The molecule has 0 bridgehead atoms. The van der Waals surface area contributed by atoms with Gasteiger partial charge in [-0.2, -0.15) is 0 Å². The van der Waals surface area contributed by atoms with Crippen molar-refractivity contribution in [3.05, 3.63) is 88.2 Å². The lowest BCUT2D eigenvalue weighted by Gasteiger charge is -2.33. The van der Waals surface area contributed by atoms with Crippen LogP contribution < -0.4 is 15.5 Å². The minimum Gasteiger partial charge on any atom is -0.371 e. The van der Waals surface area contributed by atoms with Crippen LogP contribution in [0.5, 0.6) is 0 Å². The molecule has 0 saturated carbocycles. The van der Waals surface area contributed by atoms with Crippen LogP contribution in [0.1, 0.15) is 40.0 Å². The van der Waals surface area contributed by atoms with Gasteiger partial charge in [-0.05, 0) is 61.6 Å². The largest absolute Gasteiger partial charge is 0.371 e. The predicted molar refractivity (Wildman–Crippen MR) is 137 cm³/mol. The molecule has 0 unspecified atom stereocenters. The van der Waals surface area contributed by atoms with Crippen LogP contribution in [0.2, 0.25) is 10.0 Å². The standard InChI is InChI=1S/C26H26Cl2N4O2/c27-22-6-2-1-4-20(22)26(34)31-23-7-3-5-21(24(23)28)25(33)30-15-8-18-11-16-32(17-12-18)19-9-13-29-14-10-19/h1-7,9-10,13-14,18H,8,11-12,15-17H2,(H,30,33)(H,31,34). The Morgan fingerprint density at radius 3 is 2.35 bits per heavy atom. The van der Waals surface area contributed by atoms with Crippen molar-refractivity contribution in [2.75, 3.05) is 29.9 Å². The molecule has 0 spiro atoms. The maximum absolute atomic E-state index is 12.8. The van der Waals surface area contributed by atoms with Gasteiger partial charge in [0.25, 0.3) is 11.8 Å². The molecular formula is C26H26Cl2N4O2. The fraction of sp³-hybridized carbons (Fsp3) is 0.269. The number of rotatable bonds is 7. The second-order valence-electron chi connectivity index (χ2n) is 8.28. The number of amides is 2. The number of pyridine rings is 1. The van der Waals surface area contributed by atoms with Gasteiger partial charge in [0.1, 0.15) is 0 Å². The van der Waals surface area contributed by atoms with Crippen molar-refractivity contribution in [3.63, 3.8) is 0 Å². The number of hydrogen-bond donors (Lipinski definition) is 2. The summed E-state index contributed by atoms with van der Waals surface area (Å²) in [6, 6.07) is 15.8. The molecule has 2 amide bonds. The summed E-state index contributed by atoms with van der Waals surface area (Å²) in [5.74, 6) is -0.0775. The van der Waals surface area contributed by atoms with Crippen LogP contribution in [0.4, 0.5) is 11.4 Å². The van der Waals surface area contributed by atoms with Gasteiger partial charge in [0.2, 0.25) is 0 Å². The molecule has 1 aliphatic rings. The maximum Gasteiger partial charge on any atom is 0.257 e. The molecule has 6 nitrogen and oxygen atoms in total. The van der Waals surface area contributed by atoms with E-state index in [1.165, 1.54) is 5.69 Å². The second kappa shape index (κ2) is 11.4. The Balaban J connectivity index is 1.28. The van der Waals surface area contributed by atoms with E-state index in [1.54, 1.807) is 42.5 Å². The molecule has 0 aliphatic carbocycles. The molecule has 1 saturated heterocycles. The highest BCUT2D eigenvalue weighted by atomic mass is 35.5. The Morgan fingerprint density at radius 2 is 1.62 bits per heavy atom. The van der Waals surface area contributed by atoms with Crippen molar-refractivity contribution < 1.29 is 9.59 Å². The van der Waals surface area contributed by atoms with Gasteiger partial charge in [-0.15, -0.1) is 0 Å². The van der Waals surface area contributed by atoms with Gasteiger partial charge in [-0.3, -0.25) is 14.6 Å². The zero-order valence-corrected chi connectivity index (χ0v) is 20.1. The Hall–Kier alpha value is -3.09. The van der Waals surface area contributed by atoms with Gasteiger partial charge in [-0.25, -0.2) is 0 Å². The molecule has 176 valence electrons. The van der Waals surface area contributed by atoms with Crippen molar-refractivity contribution in [1.82, 2.24) is 10.3 Å². The van der Waals surface area contributed by atoms with Crippen LogP contribution in [0.15, 0.2) is 67.0 Å². The van der Waals surface area contributed by atoms with Crippen LogP contribution in [0.3, 0.4) is 0 Å². The maximum atomic E-state index is 12.8. The van der Waals surface area contributed by atoms with Gasteiger partial charge in [0.15, 0.2) is 0 Å². The summed E-state index contributed by atoms with van der Waals surface area (Å²) in [5, 5.41) is 6.26. The second-order valence-corrected chi connectivity index (χ2v) is 9.07. The topological polar surface area (TPSA) is 74.3 Å². The van der Waals surface area contributed by atoms with Gasteiger partial charge >= 0.3 is 0 Å². The fourth-order valence-corrected chi connectivity index (χ4v) is 4.64. The number of carbonyl (C=O) groups is 2. The van der Waals surface area contributed by atoms with E-state index < -0.39 is 0 Å². The highest BCUT2D eigenvalue weighted by Crippen LogP contribution is 2.28. The number of nitrogens with zero attached hydrogens (tertiary/aromatic N) is 2. The number of hydrogen-bond acceptors (Lipinski definition) is 4. The summed E-state index contributed by atoms with van der Waals surface area (Å²) in [6.45, 7) is 2.58. The third kappa shape index (κ3) is 5.88. The zero-order valence-electron chi connectivity index (χ0n) is 18.6. The lowest BCUT2D eigenvalue weighted by atomic mass is 9.93. The van der Waals surface area contributed by atoms with Crippen molar-refractivity contribution in [1.29, 1.82) is 0 Å². The zero-order chi connectivity index (χ0) is 23.9. The Kier molecular flexibility index (Phi) is 8.03. The number of halogens is 2. The Bertz CT molecular complexity index is 1150. The monoisotopic (exact) mass is 496 g/mol. The smallest absolute Gasteiger partial charge is 0.257 e. The number of anilines is 2. The molecule has 1 aliphatic heterocycles. The van der Waals surface area contributed by atoms with Gasteiger partial charge in [0.05, 0.1) is 26.9 Å². The van der Waals surface area contributed by atoms with Crippen molar-refractivity contribution >= 4 is 46.4 Å². The van der Waals surface area contributed by atoms with E-state index in [1.807, 2.05) is 24.5 Å². The predicted octanol–water partition coefficient (Wildman–Crippen LogP) is 5.68. The first kappa shape index (κ1) is 24.0. The van der Waals surface area contributed by atoms with Gasteiger partial charge in [-0.1, -0.05) is 41.4 Å². The number of benzene rings is 2. The van der Waals surface area contributed by atoms with Crippen LogP contribution in [-0.4, -0.2) is 36.4 Å². The third-order valence-corrected chi connectivity index (χ3v) is 6.83. The number of carbonyl (C=O) groups excluding carboxylic acids is 2. The first-order chi connectivity index (χ1) is 16.5. The fourth-order valence-electron chi connectivity index (χ4n) is 4.16. The lowest BCUT2D eigenvalue weighted by Crippen LogP contribution is -2.35. The van der Waals surface area contributed by atoms with E-state index in [9.17, 15) is 9.59 Å². The first-order valence-electron chi connectivity index (χ1n) is 11.3. The van der Waals surface area contributed by atoms with Crippen molar-refractivity contribution in [2.45, 2.75) is 19.3 Å². The van der Waals surface area contributed by atoms with Crippen molar-refractivity contribution in [3.8, 4) is 0 Å². The molecule has 0 radical (unpaired) electrons. The van der Waals surface area contributed by atoms with E-state index in [0.717, 1.165) is 32.4 Å². The molecule has 1 fully saturated rings. The molecular weight excluding hydrogens is 471 g/mol. The summed E-state index contributed by atoms with van der Waals surface area (Å²) in [6.07, 6.45) is 6.72. The van der Waals surface area contributed by atoms with E-state index in [2.05, 4.69) is 20.5 Å². The molecule has 2 heterocycles. The molecule has 34 heavy (non-hydrogen) atoms. The first-order valence-corrected chi connectivity index (χ1v) is 12.1. The number of piperidine rings is 1. The summed E-state index contributed by atoms with van der Waals surface area (Å²) < 4.78 is 0. The highest BCUT2D eigenvalue weighted by molar-refractivity contribution is 6.37. The highest BCUT2D eigenvalue weighted by Gasteiger charge is 2.20. The minimum atomic E-state index is -0.386. The molecule has 2 aromatic carbocycles. The van der Waals surface area contributed by atoms with Crippen LogP contribution in [0, 0.1) is 5.92 Å². The summed E-state index contributed by atoms with van der Waals surface area (Å²) in [5.41, 5.74) is 2.23. The van der Waals surface area contributed by atoms with Crippen molar-refractivity contribution in [2.24, 2.45) is 5.92 Å². The summed E-state index contributed by atoms with van der Waals surface area (Å²) in [4.78, 5) is 31.8.